The Balaban J connectivity index is 0.00000180. The van der Waals surface area contributed by atoms with Gasteiger partial charge in [-0.2, -0.15) is 0 Å². The summed E-state index contributed by atoms with van der Waals surface area (Å²) in [4.78, 5) is 11.2. The SMILES string of the molecule is CCn1cnnc1-c1cccc(NC(=O)CN)c1.Cl.Cl. The Morgan fingerprint density at radius 1 is 1.40 bits per heavy atom. The fraction of sp³-hybridized carbons (Fsp3) is 0.250. The van der Waals surface area contributed by atoms with Crippen LogP contribution in [0, 0.1) is 0 Å². The summed E-state index contributed by atoms with van der Waals surface area (Å²) < 4.78 is 1.93. The van der Waals surface area contributed by atoms with Crippen LogP contribution in [0.3, 0.4) is 0 Å². The number of benzene rings is 1. The Morgan fingerprint density at radius 2 is 2.15 bits per heavy atom. The van der Waals surface area contributed by atoms with Crippen LogP contribution in [0.25, 0.3) is 11.4 Å². The number of carbonyl (C=O) groups excluding carboxylic acids is 1. The molecule has 0 atom stereocenters. The predicted octanol–water partition coefficient (Wildman–Crippen LogP) is 1.71. The van der Waals surface area contributed by atoms with E-state index in [9.17, 15) is 4.79 Å². The van der Waals surface area contributed by atoms with Crippen molar-refractivity contribution in [3.05, 3.63) is 30.6 Å². The number of nitrogens with one attached hydrogen (secondary N) is 1. The molecule has 110 valence electrons. The molecule has 1 aromatic heterocycles. The third-order valence-electron chi connectivity index (χ3n) is 2.55. The Labute approximate surface area is 129 Å². The molecule has 0 radical (unpaired) electrons. The largest absolute Gasteiger partial charge is 0.325 e. The number of hydrogen-bond donors (Lipinski definition) is 2. The molecule has 2 aromatic rings. The molecule has 0 saturated heterocycles. The number of nitrogens with zero attached hydrogens (tertiary/aromatic N) is 3. The van der Waals surface area contributed by atoms with Crippen LogP contribution < -0.4 is 11.1 Å². The van der Waals surface area contributed by atoms with E-state index < -0.39 is 0 Å². The summed E-state index contributed by atoms with van der Waals surface area (Å²) in [6.07, 6.45) is 1.68. The van der Waals surface area contributed by atoms with Gasteiger partial charge in [0.1, 0.15) is 6.33 Å². The zero-order valence-electron chi connectivity index (χ0n) is 10.9. The number of rotatable bonds is 4. The maximum atomic E-state index is 11.2. The van der Waals surface area contributed by atoms with Crippen LogP contribution in [0.5, 0.6) is 0 Å². The highest BCUT2D eigenvalue weighted by Crippen LogP contribution is 2.20. The molecule has 1 amide bonds. The third kappa shape index (κ3) is 4.19. The maximum Gasteiger partial charge on any atom is 0.238 e. The van der Waals surface area contributed by atoms with Crippen molar-refractivity contribution < 1.29 is 4.79 Å². The zero-order valence-corrected chi connectivity index (χ0v) is 12.6. The van der Waals surface area contributed by atoms with E-state index in [2.05, 4.69) is 15.5 Å². The first-order valence-corrected chi connectivity index (χ1v) is 5.72. The number of halogens is 2. The fourth-order valence-corrected chi connectivity index (χ4v) is 1.66. The van der Waals surface area contributed by atoms with Crippen molar-refractivity contribution in [1.29, 1.82) is 0 Å². The number of nitrogens with two attached hydrogens (primary N) is 1. The Hall–Kier alpha value is -1.63. The molecule has 6 nitrogen and oxygen atoms in total. The van der Waals surface area contributed by atoms with Crippen molar-refractivity contribution in [2.45, 2.75) is 13.5 Å². The lowest BCUT2D eigenvalue weighted by Gasteiger charge is -2.07. The average molecular weight is 318 g/mol. The van der Waals surface area contributed by atoms with Crippen LogP contribution in [0.15, 0.2) is 30.6 Å². The fourth-order valence-electron chi connectivity index (χ4n) is 1.66. The van der Waals surface area contributed by atoms with Gasteiger partial charge in [-0.05, 0) is 19.1 Å². The second kappa shape index (κ2) is 8.52. The average Bonchev–Trinajstić information content (AvgIpc) is 2.87. The van der Waals surface area contributed by atoms with Crippen LogP contribution in [0.4, 0.5) is 5.69 Å². The first-order chi connectivity index (χ1) is 8.74. The number of aryl methyl sites for hydroxylation is 1. The van der Waals surface area contributed by atoms with Crippen LogP contribution in [-0.2, 0) is 11.3 Å². The van der Waals surface area contributed by atoms with E-state index >= 15 is 0 Å². The van der Waals surface area contributed by atoms with Crippen molar-refractivity contribution in [1.82, 2.24) is 14.8 Å². The normalized spacial score (nSPS) is 9.30. The highest BCUT2D eigenvalue weighted by atomic mass is 35.5. The van der Waals surface area contributed by atoms with Crippen molar-refractivity contribution in [2.75, 3.05) is 11.9 Å². The summed E-state index contributed by atoms with van der Waals surface area (Å²) in [6, 6.07) is 7.44. The molecular weight excluding hydrogens is 301 g/mol. The first kappa shape index (κ1) is 18.4. The summed E-state index contributed by atoms with van der Waals surface area (Å²) in [5, 5.41) is 10.7. The predicted molar refractivity (Wildman–Crippen MR) is 83.3 cm³/mol. The number of anilines is 1. The smallest absolute Gasteiger partial charge is 0.238 e. The molecule has 0 saturated carbocycles. The maximum absolute atomic E-state index is 11.2. The molecule has 1 aromatic carbocycles. The molecule has 0 fully saturated rings. The molecular formula is C12H17Cl2N5O. The minimum Gasteiger partial charge on any atom is -0.325 e. The lowest BCUT2D eigenvalue weighted by molar-refractivity contribution is -0.114. The molecule has 20 heavy (non-hydrogen) atoms. The molecule has 2 rings (SSSR count). The molecule has 8 heteroatoms. The van der Waals surface area contributed by atoms with Crippen LogP contribution in [0.2, 0.25) is 0 Å². The standard InChI is InChI=1S/C12H15N5O.2ClH/c1-2-17-8-14-16-12(17)9-4-3-5-10(6-9)15-11(18)7-13;;/h3-6,8H,2,7,13H2,1H3,(H,15,18);2*1H. The van der Waals surface area contributed by atoms with Crippen LogP contribution in [0.1, 0.15) is 6.92 Å². The van der Waals surface area contributed by atoms with Crippen molar-refractivity contribution in [3.63, 3.8) is 0 Å². The number of hydrogen-bond acceptors (Lipinski definition) is 4. The lowest BCUT2D eigenvalue weighted by atomic mass is 10.2. The highest BCUT2D eigenvalue weighted by molar-refractivity contribution is 5.92. The van der Waals surface area contributed by atoms with Gasteiger partial charge in [-0.3, -0.25) is 4.79 Å². The highest BCUT2D eigenvalue weighted by Gasteiger charge is 2.07. The van der Waals surface area contributed by atoms with Gasteiger partial charge in [-0.1, -0.05) is 12.1 Å². The first-order valence-electron chi connectivity index (χ1n) is 5.72. The molecule has 3 N–H and O–H groups in total. The van der Waals surface area contributed by atoms with Gasteiger partial charge in [0.05, 0.1) is 6.54 Å². The second-order valence-electron chi connectivity index (χ2n) is 3.77. The van der Waals surface area contributed by atoms with Gasteiger partial charge in [-0.15, -0.1) is 35.0 Å². The molecule has 0 unspecified atom stereocenters. The molecule has 0 aliphatic heterocycles. The van der Waals surface area contributed by atoms with Crippen molar-refractivity contribution >= 4 is 36.4 Å². The van der Waals surface area contributed by atoms with E-state index in [-0.39, 0.29) is 37.3 Å². The number of amides is 1. The van der Waals surface area contributed by atoms with Gasteiger partial charge in [0, 0.05) is 17.8 Å². The topological polar surface area (TPSA) is 85.8 Å². The van der Waals surface area contributed by atoms with Gasteiger partial charge < -0.3 is 15.6 Å². The summed E-state index contributed by atoms with van der Waals surface area (Å²) >= 11 is 0. The minimum absolute atomic E-state index is 0. The molecule has 0 aliphatic rings. The molecule has 0 aliphatic carbocycles. The Morgan fingerprint density at radius 3 is 2.80 bits per heavy atom. The Kier molecular flexibility index (Phi) is 7.83. The van der Waals surface area contributed by atoms with E-state index in [0.29, 0.717) is 5.69 Å². The van der Waals surface area contributed by atoms with Crippen molar-refractivity contribution in [2.24, 2.45) is 5.73 Å². The summed E-state index contributed by atoms with van der Waals surface area (Å²) in [5.74, 6) is 0.561. The summed E-state index contributed by atoms with van der Waals surface area (Å²) in [5.41, 5.74) is 6.87. The van der Waals surface area contributed by atoms with E-state index in [0.717, 1.165) is 17.9 Å². The van der Waals surface area contributed by atoms with Gasteiger partial charge in [0.25, 0.3) is 0 Å². The van der Waals surface area contributed by atoms with E-state index in [1.165, 1.54) is 0 Å². The van der Waals surface area contributed by atoms with Gasteiger partial charge in [-0.25, -0.2) is 0 Å². The second-order valence-corrected chi connectivity index (χ2v) is 3.77. The van der Waals surface area contributed by atoms with E-state index in [1.54, 1.807) is 6.33 Å². The molecule has 1 heterocycles. The summed E-state index contributed by atoms with van der Waals surface area (Å²) in [7, 11) is 0. The Bertz CT molecular complexity index is 558. The zero-order chi connectivity index (χ0) is 13.0. The molecule has 0 spiro atoms. The van der Waals surface area contributed by atoms with Crippen LogP contribution >= 0.6 is 24.8 Å². The number of carbonyl (C=O) groups is 1. The third-order valence-corrected chi connectivity index (χ3v) is 2.55. The van der Waals surface area contributed by atoms with Crippen molar-refractivity contribution in [3.8, 4) is 11.4 Å². The number of aromatic nitrogens is 3. The lowest BCUT2D eigenvalue weighted by Crippen LogP contribution is -2.21. The van der Waals surface area contributed by atoms with E-state index in [4.69, 9.17) is 5.73 Å². The quantitative estimate of drug-likeness (QED) is 0.898. The minimum atomic E-state index is -0.218. The van der Waals surface area contributed by atoms with E-state index in [1.807, 2.05) is 35.8 Å². The van der Waals surface area contributed by atoms with Gasteiger partial charge in [0.2, 0.25) is 5.91 Å². The van der Waals surface area contributed by atoms with Crippen LogP contribution in [-0.4, -0.2) is 27.2 Å². The van der Waals surface area contributed by atoms with Gasteiger partial charge >= 0.3 is 0 Å². The molecule has 0 bridgehead atoms. The van der Waals surface area contributed by atoms with Gasteiger partial charge in [0.15, 0.2) is 5.82 Å². The summed E-state index contributed by atoms with van der Waals surface area (Å²) in [6.45, 7) is 2.78. The monoisotopic (exact) mass is 317 g/mol.